The average Bonchev–Trinajstić information content (AvgIpc) is 2.89. The third kappa shape index (κ3) is 3.32. The fourth-order valence-electron chi connectivity index (χ4n) is 2.59. The molecule has 1 aromatic carbocycles. The maximum Gasteiger partial charge on any atom is 0.0463 e. The molecule has 0 atom stereocenters. The van der Waals surface area contributed by atoms with Crippen molar-refractivity contribution in [3.05, 3.63) is 54.5 Å². The fraction of sp³-hybridized carbons (Fsp3) is 0.235. The van der Waals surface area contributed by atoms with Gasteiger partial charge in [-0.1, -0.05) is 12.1 Å². The highest BCUT2D eigenvalue weighted by atomic mass is 32.2. The van der Waals surface area contributed by atoms with E-state index in [4.69, 9.17) is 0 Å². The lowest BCUT2D eigenvalue weighted by atomic mass is 10.0. The van der Waals surface area contributed by atoms with Crippen LogP contribution in [0.1, 0.15) is 5.56 Å². The molecule has 0 saturated heterocycles. The number of nitrogens with one attached hydrogen (secondary N) is 1. The van der Waals surface area contributed by atoms with E-state index in [1.165, 1.54) is 27.6 Å². The Balaban J connectivity index is 1.87. The first-order valence-corrected chi connectivity index (χ1v) is 7.93. The van der Waals surface area contributed by atoms with E-state index in [2.05, 4.69) is 64.1 Å². The molecule has 0 amide bonds. The lowest BCUT2D eigenvalue weighted by molar-refractivity contribution is 0.532. The van der Waals surface area contributed by atoms with E-state index < -0.39 is 0 Å². The zero-order valence-electron chi connectivity index (χ0n) is 13.1. The highest BCUT2D eigenvalue weighted by molar-refractivity contribution is 7.94. The minimum atomic E-state index is 0.900. The SMILES string of the molecule is CN(C)SN(C)Cc1c[nH]c2cc(-c3ccncc3)ccc12. The Bertz CT molecular complexity index is 752. The van der Waals surface area contributed by atoms with Crippen molar-refractivity contribution >= 4 is 23.0 Å². The number of pyridine rings is 1. The minimum Gasteiger partial charge on any atom is -0.361 e. The second-order valence-corrected chi connectivity index (χ2v) is 7.01. The predicted molar refractivity (Wildman–Crippen MR) is 94.3 cm³/mol. The molecule has 2 aromatic heterocycles. The van der Waals surface area contributed by atoms with E-state index in [9.17, 15) is 0 Å². The molecule has 2 heterocycles. The predicted octanol–water partition coefficient (Wildman–Crippen LogP) is 3.79. The van der Waals surface area contributed by atoms with Crippen LogP contribution in [0.5, 0.6) is 0 Å². The molecule has 0 radical (unpaired) electrons. The Kier molecular flexibility index (Phi) is 4.47. The third-order valence-electron chi connectivity index (χ3n) is 3.48. The molecule has 114 valence electrons. The van der Waals surface area contributed by atoms with E-state index in [1.807, 2.05) is 24.5 Å². The fourth-order valence-corrected chi connectivity index (χ4v) is 3.34. The molecule has 0 spiro atoms. The molecule has 0 aliphatic heterocycles. The second-order valence-electron chi connectivity index (χ2n) is 5.49. The number of nitrogens with zero attached hydrogens (tertiary/aromatic N) is 3. The van der Waals surface area contributed by atoms with Gasteiger partial charge in [-0.3, -0.25) is 4.98 Å². The van der Waals surface area contributed by atoms with Crippen molar-refractivity contribution in [3.8, 4) is 11.1 Å². The first-order chi connectivity index (χ1) is 10.6. The monoisotopic (exact) mass is 312 g/mol. The number of H-pyrrole nitrogens is 1. The molecule has 3 aromatic rings. The third-order valence-corrected chi connectivity index (χ3v) is 4.21. The van der Waals surface area contributed by atoms with Crippen molar-refractivity contribution in [2.45, 2.75) is 6.54 Å². The van der Waals surface area contributed by atoms with Crippen molar-refractivity contribution in [2.24, 2.45) is 0 Å². The van der Waals surface area contributed by atoms with Crippen LogP contribution >= 0.6 is 12.1 Å². The van der Waals surface area contributed by atoms with Gasteiger partial charge in [-0.25, -0.2) is 8.61 Å². The van der Waals surface area contributed by atoms with Crippen LogP contribution in [0.2, 0.25) is 0 Å². The smallest absolute Gasteiger partial charge is 0.0463 e. The molecule has 0 saturated carbocycles. The van der Waals surface area contributed by atoms with E-state index in [1.54, 1.807) is 12.1 Å². The van der Waals surface area contributed by atoms with Crippen LogP contribution in [0.15, 0.2) is 48.9 Å². The second kappa shape index (κ2) is 6.52. The van der Waals surface area contributed by atoms with Crippen LogP contribution in [-0.2, 0) is 6.54 Å². The minimum absolute atomic E-state index is 0.900. The normalized spacial score (nSPS) is 11.7. The van der Waals surface area contributed by atoms with E-state index in [-0.39, 0.29) is 0 Å². The number of hydrogen-bond acceptors (Lipinski definition) is 4. The topological polar surface area (TPSA) is 35.2 Å². The molecule has 5 heteroatoms. The summed E-state index contributed by atoms with van der Waals surface area (Å²) in [4.78, 5) is 7.47. The molecule has 0 unspecified atom stereocenters. The first-order valence-electron chi connectivity index (χ1n) is 7.20. The summed E-state index contributed by atoms with van der Waals surface area (Å²) < 4.78 is 4.32. The van der Waals surface area contributed by atoms with Crippen molar-refractivity contribution < 1.29 is 0 Å². The van der Waals surface area contributed by atoms with E-state index in [0.717, 1.165) is 6.54 Å². The summed E-state index contributed by atoms with van der Waals surface area (Å²) in [6.45, 7) is 0.900. The molecule has 3 rings (SSSR count). The van der Waals surface area contributed by atoms with Crippen molar-refractivity contribution in [2.75, 3.05) is 21.1 Å². The maximum absolute atomic E-state index is 4.07. The van der Waals surface area contributed by atoms with Crippen molar-refractivity contribution in [1.82, 2.24) is 18.6 Å². The quantitative estimate of drug-likeness (QED) is 0.727. The van der Waals surface area contributed by atoms with Gasteiger partial charge in [-0.2, -0.15) is 0 Å². The van der Waals surface area contributed by atoms with Gasteiger partial charge in [0.25, 0.3) is 0 Å². The standard InChI is InChI=1S/C17H20N4S/c1-20(2)22-21(3)12-15-11-19-17-10-14(4-5-16(15)17)13-6-8-18-9-7-13/h4-11,19H,12H2,1-3H3. The van der Waals surface area contributed by atoms with E-state index in [0.29, 0.717) is 0 Å². The lowest BCUT2D eigenvalue weighted by Gasteiger charge is -2.18. The Morgan fingerprint density at radius 2 is 1.82 bits per heavy atom. The van der Waals surface area contributed by atoms with Gasteiger partial charge in [0.05, 0.1) is 0 Å². The van der Waals surface area contributed by atoms with Gasteiger partial charge in [-0.05, 0) is 56.0 Å². The number of aromatic amines is 1. The van der Waals surface area contributed by atoms with Crippen LogP contribution < -0.4 is 0 Å². The summed E-state index contributed by atoms with van der Waals surface area (Å²) in [5.41, 5.74) is 4.88. The van der Waals surface area contributed by atoms with Gasteiger partial charge in [0, 0.05) is 48.2 Å². The summed E-state index contributed by atoms with van der Waals surface area (Å²) in [6, 6.07) is 10.6. The molecular formula is C17H20N4S. The zero-order chi connectivity index (χ0) is 15.5. The van der Waals surface area contributed by atoms with Gasteiger partial charge in [0.2, 0.25) is 0 Å². The van der Waals surface area contributed by atoms with Crippen molar-refractivity contribution in [1.29, 1.82) is 0 Å². The van der Waals surface area contributed by atoms with E-state index >= 15 is 0 Å². The molecule has 4 nitrogen and oxygen atoms in total. The summed E-state index contributed by atoms with van der Waals surface area (Å²) in [5.74, 6) is 0. The number of fused-ring (bicyclic) bond motifs is 1. The molecule has 0 fully saturated rings. The van der Waals surface area contributed by atoms with Gasteiger partial charge in [0.15, 0.2) is 0 Å². The Labute approximate surface area is 135 Å². The Hall–Kier alpha value is -1.82. The summed E-state index contributed by atoms with van der Waals surface area (Å²) in [6.07, 6.45) is 5.76. The number of aromatic nitrogens is 2. The van der Waals surface area contributed by atoms with Gasteiger partial charge in [-0.15, -0.1) is 0 Å². The molecule has 0 aliphatic rings. The largest absolute Gasteiger partial charge is 0.361 e. The summed E-state index contributed by atoms with van der Waals surface area (Å²) >= 11 is 1.71. The van der Waals surface area contributed by atoms with Gasteiger partial charge < -0.3 is 4.98 Å². The molecule has 0 aliphatic carbocycles. The highest BCUT2D eigenvalue weighted by Crippen LogP contribution is 2.27. The number of hydrogen-bond donors (Lipinski definition) is 1. The number of benzene rings is 1. The van der Waals surface area contributed by atoms with Gasteiger partial charge >= 0.3 is 0 Å². The van der Waals surface area contributed by atoms with Crippen LogP contribution in [0.25, 0.3) is 22.0 Å². The molecule has 22 heavy (non-hydrogen) atoms. The van der Waals surface area contributed by atoms with Gasteiger partial charge in [0.1, 0.15) is 0 Å². The van der Waals surface area contributed by atoms with Crippen LogP contribution in [0.4, 0.5) is 0 Å². The zero-order valence-corrected chi connectivity index (χ0v) is 13.9. The lowest BCUT2D eigenvalue weighted by Crippen LogP contribution is -2.15. The molecule has 1 N–H and O–H groups in total. The van der Waals surface area contributed by atoms with Crippen LogP contribution in [0, 0.1) is 0 Å². The summed E-state index contributed by atoms with van der Waals surface area (Å²) in [5, 5.41) is 1.28. The number of rotatable bonds is 5. The average molecular weight is 312 g/mol. The summed E-state index contributed by atoms with van der Waals surface area (Å²) in [7, 11) is 6.21. The first kappa shape index (κ1) is 15.1. The Morgan fingerprint density at radius 3 is 2.55 bits per heavy atom. The van der Waals surface area contributed by atoms with Crippen LogP contribution in [-0.4, -0.2) is 39.7 Å². The molecule has 0 bridgehead atoms. The maximum atomic E-state index is 4.07. The van der Waals surface area contributed by atoms with Crippen LogP contribution in [0.3, 0.4) is 0 Å². The Morgan fingerprint density at radius 1 is 1.05 bits per heavy atom. The molecular weight excluding hydrogens is 292 g/mol. The highest BCUT2D eigenvalue weighted by Gasteiger charge is 2.09. The van der Waals surface area contributed by atoms with Crippen molar-refractivity contribution in [3.63, 3.8) is 0 Å².